The summed E-state index contributed by atoms with van der Waals surface area (Å²) in [4.78, 5) is 17.6. The first-order valence-corrected chi connectivity index (χ1v) is 7.85. The molecule has 1 aliphatic rings. The van der Waals surface area contributed by atoms with Crippen LogP contribution >= 0.6 is 0 Å². The van der Waals surface area contributed by atoms with Gasteiger partial charge in [-0.1, -0.05) is 0 Å². The minimum atomic E-state index is -0.289. The average molecular weight is 304 g/mol. The van der Waals surface area contributed by atoms with Gasteiger partial charge in [-0.3, -0.25) is 4.79 Å². The Morgan fingerprint density at radius 1 is 1.45 bits per heavy atom. The second kappa shape index (κ2) is 6.48. The number of aliphatic hydroxyl groups excluding tert-OH is 1. The van der Waals surface area contributed by atoms with Gasteiger partial charge >= 0.3 is 0 Å². The molecule has 5 heteroatoms. The number of amides is 1. The van der Waals surface area contributed by atoms with Crippen molar-refractivity contribution >= 4 is 16.8 Å². The van der Waals surface area contributed by atoms with Crippen LogP contribution in [-0.2, 0) is 11.2 Å². The van der Waals surface area contributed by atoms with Gasteiger partial charge in [0.2, 0.25) is 5.91 Å². The van der Waals surface area contributed by atoms with Crippen LogP contribution in [0.1, 0.15) is 31.2 Å². The highest BCUT2D eigenvalue weighted by atomic mass is 19.1. The molecule has 1 fully saturated rings. The minimum absolute atomic E-state index is 0.0885. The molecule has 0 aliphatic carbocycles. The molecular weight excluding hydrogens is 283 g/mol. The van der Waals surface area contributed by atoms with Gasteiger partial charge in [-0.25, -0.2) is 4.39 Å². The minimum Gasteiger partial charge on any atom is -0.396 e. The number of aliphatic hydroxyl groups is 1. The third kappa shape index (κ3) is 2.99. The lowest BCUT2D eigenvalue weighted by molar-refractivity contribution is -0.131. The van der Waals surface area contributed by atoms with E-state index in [1.54, 1.807) is 12.3 Å². The molecule has 1 unspecified atom stereocenters. The number of hydrogen-bond donors (Lipinski definition) is 2. The van der Waals surface area contributed by atoms with Crippen molar-refractivity contribution in [1.82, 2.24) is 9.88 Å². The Morgan fingerprint density at radius 3 is 3.14 bits per heavy atom. The van der Waals surface area contributed by atoms with Crippen LogP contribution in [-0.4, -0.2) is 40.1 Å². The molecule has 3 rings (SSSR count). The number of rotatable bonds is 5. The third-order valence-corrected chi connectivity index (χ3v) is 4.46. The molecule has 0 radical (unpaired) electrons. The predicted molar refractivity (Wildman–Crippen MR) is 83.0 cm³/mol. The van der Waals surface area contributed by atoms with Gasteiger partial charge in [-0.2, -0.15) is 0 Å². The van der Waals surface area contributed by atoms with E-state index in [2.05, 4.69) is 4.98 Å². The Bertz CT molecular complexity index is 668. The highest BCUT2D eigenvalue weighted by molar-refractivity contribution is 5.89. The normalized spacial score (nSPS) is 18.3. The lowest BCUT2D eigenvalue weighted by atomic mass is 10.1. The Hall–Kier alpha value is -1.88. The molecule has 2 aromatic rings. The number of aromatic amines is 1. The molecule has 4 nitrogen and oxygen atoms in total. The van der Waals surface area contributed by atoms with E-state index in [4.69, 9.17) is 5.11 Å². The Labute approximate surface area is 128 Å². The molecule has 22 heavy (non-hydrogen) atoms. The number of H-pyrrole nitrogens is 1. The van der Waals surface area contributed by atoms with Gasteiger partial charge in [0.05, 0.1) is 6.42 Å². The van der Waals surface area contributed by atoms with E-state index in [0.717, 1.165) is 48.7 Å². The SMILES string of the molecule is O=C(Cc1c[nH]c2ccc(F)cc12)N1CCCC1CCCO. The van der Waals surface area contributed by atoms with Crippen LogP contribution in [0.2, 0.25) is 0 Å². The molecule has 0 spiro atoms. The number of likely N-dealkylation sites (tertiary alicyclic amines) is 1. The zero-order chi connectivity index (χ0) is 15.5. The van der Waals surface area contributed by atoms with E-state index in [1.807, 2.05) is 4.90 Å². The Morgan fingerprint density at radius 2 is 2.32 bits per heavy atom. The fourth-order valence-corrected chi connectivity index (χ4v) is 3.35. The van der Waals surface area contributed by atoms with Crippen LogP contribution in [0.25, 0.3) is 10.9 Å². The summed E-state index contributed by atoms with van der Waals surface area (Å²) in [5.74, 6) is -0.201. The summed E-state index contributed by atoms with van der Waals surface area (Å²) in [6.07, 6.45) is 5.69. The second-order valence-corrected chi connectivity index (χ2v) is 5.93. The van der Waals surface area contributed by atoms with Gasteiger partial charge in [-0.15, -0.1) is 0 Å². The average Bonchev–Trinajstić information content (AvgIpc) is 3.12. The number of hydrogen-bond acceptors (Lipinski definition) is 2. The number of nitrogens with zero attached hydrogens (tertiary/aromatic N) is 1. The number of nitrogens with one attached hydrogen (secondary N) is 1. The van der Waals surface area contributed by atoms with E-state index in [-0.39, 0.29) is 24.4 Å². The van der Waals surface area contributed by atoms with Crippen LogP contribution in [0.4, 0.5) is 4.39 Å². The van der Waals surface area contributed by atoms with Gasteiger partial charge < -0.3 is 15.0 Å². The van der Waals surface area contributed by atoms with Gasteiger partial charge in [0, 0.05) is 36.3 Å². The number of carbonyl (C=O) groups is 1. The molecule has 0 saturated carbocycles. The van der Waals surface area contributed by atoms with Gasteiger partial charge in [0.1, 0.15) is 5.82 Å². The summed E-state index contributed by atoms with van der Waals surface area (Å²) in [5, 5.41) is 9.74. The standard InChI is InChI=1S/C17H21FN2O2/c18-13-5-6-16-15(10-13)12(11-19-16)9-17(22)20-7-1-3-14(20)4-2-8-21/h5-6,10-11,14,19,21H,1-4,7-9H2. The van der Waals surface area contributed by atoms with Crippen molar-refractivity contribution in [3.8, 4) is 0 Å². The molecule has 1 atom stereocenters. The Balaban J connectivity index is 1.73. The van der Waals surface area contributed by atoms with Crippen LogP contribution < -0.4 is 0 Å². The van der Waals surface area contributed by atoms with Crippen molar-refractivity contribution in [3.63, 3.8) is 0 Å². The van der Waals surface area contributed by atoms with E-state index in [1.165, 1.54) is 12.1 Å². The van der Waals surface area contributed by atoms with Gasteiger partial charge in [-0.05, 0) is 49.4 Å². The highest BCUT2D eigenvalue weighted by Gasteiger charge is 2.28. The number of aromatic nitrogens is 1. The quantitative estimate of drug-likeness (QED) is 0.892. The van der Waals surface area contributed by atoms with Crippen molar-refractivity contribution in [1.29, 1.82) is 0 Å². The molecule has 1 saturated heterocycles. The summed E-state index contributed by atoms with van der Waals surface area (Å²) >= 11 is 0. The zero-order valence-electron chi connectivity index (χ0n) is 12.5. The number of fused-ring (bicyclic) bond motifs is 1. The fourth-order valence-electron chi connectivity index (χ4n) is 3.35. The molecule has 1 aromatic heterocycles. The largest absolute Gasteiger partial charge is 0.396 e. The smallest absolute Gasteiger partial charge is 0.227 e. The maximum atomic E-state index is 13.4. The summed E-state index contributed by atoms with van der Waals surface area (Å²) in [6.45, 7) is 0.950. The molecule has 2 heterocycles. The van der Waals surface area contributed by atoms with Crippen LogP contribution in [0.5, 0.6) is 0 Å². The summed E-state index contributed by atoms with van der Waals surface area (Å²) in [7, 11) is 0. The van der Waals surface area contributed by atoms with Crippen molar-refractivity contribution in [2.45, 2.75) is 38.1 Å². The predicted octanol–water partition coefficient (Wildman–Crippen LogP) is 2.61. The maximum Gasteiger partial charge on any atom is 0.227 e. The molecule has 0 bridgehead atoms. The third-order valence-electron chi connectivity index (χ3n) is 4.46. The second-order valence-electron chi connectivity index (χ2n) is 5.93. The Kier molecular flexibility index (Phi) is 4.43. The topological polar surface area (TPSA) is 56.3 Å². The van der Waals surface area contributed by atoms with Gasteiger partial charge in [0.15, 0.2) is 0 Å². The van der Waals surface area contributed by atoms with E-state index < -0.39 is 0 Å². The van der Waals surface area contributed by atoms with Crippen molar-refractivity contribution < 1.29 is 14.3 Å². The van der Waals surface area contributed by atoms with Crippen LogP contribution in [0.3, 0.4) is 0 Å². The first-order chi connectivity index (χ1) is 10.7. The molecule has 1 aromatic carbocycles. The zero-order valence-corrected chi connectivity index (χ0v) is 12.5. The lowest BCUT2D eigenvalue weighted by Crippen LogP contribution is -2.36. The summed E-state index contributed by atoms with van der Waals surface area (Å²) < 4.78 is 13.4. The first kappa shape index (κ1) is 15.0. The highest BCUT2D eigenvalue weighted by Crippen LogP contribution is 2.25. The maximum absolute atomic E-state index is 13.4. The van der Waals surface area contributed by atoms with E-state index >= 15 is 0 Å². The van der Waals surface area contributed by atoms with E-state index in [9.17, 15) is 9.18 Å². The summed E-state index contributed by atoms with van der Waals surface area (Å²) in [6, 6.07) is 4.82. The fraction of sp³-hybridized carbons (Fsp3) is 0.471. The van der Waals surface area contributed by atoms with Crippen LogP contribution in [0, 0.1) is 5.82 Å². The summed E-state index contributed by atoms with van der Waals surface area (Å²) in [5.41, 5.74) is 1.69. The first-order valence-electron chi connectivity index (χ1n) is 7.85. The monoisotopic (exact) mass is 304 g/mol. The van der Waals surface area contributed by atoms with Crippen LogP contribution in [0.15, 0.2) is 24.4 Å². The van der Waals surface area contributed by atoms with Gasteiger partial charge in [0.25, 0.3) is 0 Å². The van der Waals surface area contributed by atoms with Crippen molar-refractivity contribution in [2.24, 2.45) is 0 Å². The number of halogens is 1. The van der Waals surface area contributed by atoms with Crippen molar-refractivity contribution in [2.75, 3.05) is 13.2 Å². The lowest BCUT2D eigenvalue weighted by Gasteiger charge is -2.24. The number of benzene rings is 1. The molecule has 1 amide bonds. The van der Waals surface area contributed by atoms with Crippen molar-refractivity contribution in [3.05, 3.63) is 35.8 Å². The number of carbonyl (C=O) groups excluding carboxylic acids is 1. The molecular formula is C17H21FN2O2. The molecule has 118 valence electrons. The molecule has 2 N–H and O–H groups in total. The van der Waals surface area contributed by atoms with E-state index in [0.29, 0.717) is 6.42 Å². The molecule has 1 aliphatic heterocycles.